The van der Waals surface area contributed by atoms with Gasteiger partial charge in [0, 0.05) is 12.1 Å². The van der Waals surface area contributed by atoms with Gasteiger partial charge in [0.05, 0.1) is 13.1 Å². The van der Waals surface area contributed by atoms with Crippen LogP contribution in [0.5, 0.6) is 0 Å². The van der Waals surface area contributed by atoms with Gasteiger partial charge in [-0.3, -0.25) is 4.90 Å². The molecule has 3 nitrogen and oxygen atoms in total. The van der Waals surface area contributed by atoms with Crippen LogP contribution in [0.4, 0.5) is 0 Å². The molecule has 1 N–H and O–H groups in total. The number of nitrogens with zero attached hydrogens (tertiary/aromatic N) is 1. The van der Waals surface area contributed by atoms with Crippen LogP contribution in [0.15, 0.2) is 10.5 Å². The molecule has 0 bridgehead atoms. The lowest BCUT2D eigenvalue weighted by atomic mass is 9.98. The first-order chi connectivity index (χ1) is 10.3. The molecule has 2 fully saturated rings. The summed E-state index contributed by atoms with van der Waals surface area (Å²) < 4.78 is 6.12. The summed E-state index contributed by atoms with van der Waals surface area (Å²) in [6.07, 6.45) is 9.39. The maximum absolute atomic E-state index is 6.12. The highest BCUT2D eigenvalue weighted by molar-refractivity contribution is 5.20. The van der Waals surface area contributed by atoms with E-state index in [0.29, 0.717) is 0 Å². The zero-order valence-electron chi connectivity index (χ0n) is 13.7. The third kappa shape index (κ3) is 4.10. The van der Waals surface area contributed by atoms with E-state index in [4.69, 9.17) is 4.42 Å². The van der Waals surface area contributed by atoms with Gasteiger partial charge in [-0.2, -0.15) is 0 Å². The smallest absolute Gasteiger partial charge is 0.120 e. The first-order valence-electron chi connectivity index (χ1n) is 8.82. The second-order valence-corrected chi connectivity index (χ2v) is 6.88. The number of piperidine rings is 1. The van der Waals surface area contributed by atoms with E-state index in [9.17, 15) is 0 Å². The minimum absolute atomic E-state index is 0.744. The van der Waals surface area contributed by atoms with Crippen molar-refractivity contribution in [2.75, 3.05) is 6.54 Å². The van der Waals surface area contributed by atoms with E-state index in [1.165, 1.54) is 57.1 Å². The molecular formula is C18H30N2O. The zero-order chi connectivity index (χ0) is 14.7. The van der Waals surface area contributed by atoms with Crippen molar-refractivity contribution in [3.8, 4) is 0 Å². The lowest BCUT2D eigenvalue weighted by Gasteiger charge is -2.35. The Kier molecular flexibility index (Phi) is 5.02. The molecule has 1 saturated heterocycles. The van der Waals surface area contributed by atoms with Gasteiger partial charge in [0.15, 0.2) is 0 Å². The Morgan fingerprint density at radius 1 is 1.29 bits per heavy atom. The van der Waals surface area contributed by atoms with Crippen LogP contribution in [0.3, 0.4) is 0 Å². The number of rotatable bonds is 7. The molecule has 3 heteroatoms. The van der Waals surface area contributed by atoms with E-state index in [2.05, 4.69) is 30.1 Å². The first-order valence-corrected chi connectivity index (χ1v) is 8.82. The average Bonchev–Trinajstić information content (AvgIpc) is 3.24. The summed E-state index contributed by atoms with van der Waals surface area (Å²) in [6.45, 7) is 7.60. The number of hydrogen-bond donors (Lipinski definition) is 1. The van der Waals surface area contributed by atoms with E-state index < -0.39 is 0 Å². The van der Waals surface area contributed by atoms with E-state index in [1.807, 2.05) is 0 Å². The first kappa shape index (κ1) is 15.1. The summed E-state index contributed by atoms with van der Waals surface area (Å²) in [4.78, 5) is 2.64. The molecule has 1 atom stereocenters. The van der Waals surface area contributed by atoms with Gasteiger partial charge < -0.3 is 9.73 Å². The highest BCUT2D eigenvalue weighted by atomic mass is 16.3. The summed E-state index contributed by atoms with van der Waals surface area (Å²) in [5, 5.41) is 3.55. The second-order valence-electron chi connectivity index (χ2n) is 6.88. The molecule has 1 aromatic rings. The average molecular weight is 290 g/mol. The molecule has 1 saturated carbocycles. The quantitative estimate of drug-likeness (QED) is 0.823. The molecule has 3 rings (SSSR count). The molecule has 2 aliphatic rings. The predicted octanol–water partition coefficient (Wildman–Crippen LogP) is 3.99. The number of nitrogens with one attached hydrogen (secondary N) is 1. The number of hydrogen-bond acceptors (Lipinski definition) is 3. The van der Waals surface area contributed by atoms with Crippen molar-refractivity contribution in [3.05, 3.63) is 23.2 Å². The second kappa shape index (κ2) is 6.97. The molecule has 1 aromatic heterocycles. The Hall–Kier alpha value is -0.800. The fourth-order valence-electron chi connectivity index (χ4n) is 3.50. The van der Waals surface area contributed by atoms with E-state index in [1.54, 1.807) is 0 Å². The van der Waals surface area contributed by atoms with Crippen molar-refractivity contribution in [1.82, 2.24) is 10.2 Å². The van der Waals surface area contributed by atoms with Crippen molar-refractivity contribution in [1.29, 1.82) is 0 Å². The molecule has 0 aromatic carbocycles. The third-order valence-corrected chi connectivity index (χ3v) is 4.93. The van der Waals surface area contributed by atoms with Gasteiger partial charge in [-0.05, 0) is 57.2 Å². The summed E-state index contributed by atoms with van der Waals surface area (Å²) in [5.74, 6) is 2.30. The lowest BCUT2D eigenvalue weighted by Crippen LogP contribution is -2.38. The number of likely N-dealkylation sites (tertiary alicyclic amines) is 1. The maximum Gasteiger partial charge on any atom is 0.120 e. The Bertz CT molecular complexity index is 448. The molecule has 1 aliphatic carbocycles. The van der Waals surface area contributed by atoms with Crippen molar-refractivity contribution in [2.45, 2.75) is 84.0 Å². The van der Waals surface area contributed by atoms with Crippen LogP contribution in [-0.2, 0) is 13.1 Å². The largest absolute Gasteiger partial charge is 0.463 e. The van der Waals surface area contributed by atoms with E-state index >= 15 is 0 Å². The van der Waals surface area contributed by atoms with Crippen LogP contribution in [0, 0.1) is 6.92 Å². The molecule has 1 unspecified atom stereocenters. The van der Waals surface area contributed by atoms with Gasteiger partial charge >= 0.3 is 0 Å². The van der Waals surface area contributed by atoms with Crippen LogP contribution in [0.2, 0.25) is 0 Å². The monoisotopic (exact) mass is 290 g/mol. The minimum atomic E-state index is 0.744. The van der Waals surface area contributed by atoms with Crippen LogP contribution < -0.4 is 5.32 Å². The molecule has 2 heterocycles. The molecule has 0 spiro atoms. The van der Waals surface area contributed by atoms with Crippen LogP contribution in [-0.4, -0.2) is 23.5 Å². The highest BCUT2D eigenvalue weighted by Gasteiger charge is 2.24. The summed E-state index contributed by atoms with van der Waals surface area (Å²) in [7, 11) is 0. The fraction of sp³-hybridized carbons (Fsp3) is 0.778. The zero-order valence-corrected chi connectivity index (χ0v) is 13.7. The van der Waals surface area contributed by atoms with E-state index in [0.717, 1.165) is 36.7 Å². The van der Waals surface area contributed by atoms with Crippen molar-refractivity contribution < 1.29 is 4.42 Å². The fourth-order valence-corrected chi connectivity index (χ4v) is 3.50. The van der Waals surface area contributed by atoms with Gasteiger partial charge in [-0.15, -0.1) is 0 Å². The molecule has 1 aliphatic heterocycles. The normalized spacial score (nSPS) is 23.6. The van der Waals surface area contributed by atoms with Gasteiger partial charge in [0.2, 0.25) is 0 Å². The van der Waals surface area contributed by atoms with Crippen molar-refractivity contribution in [2.24, 2.45) is 0 Å². The molecular weight excluding hydrogens is 260 g/mol. The van der Waals surface area contributed by atoms with Crippen LogP contribution in [0.25, 0.3) is 0 Å². The Balaban J connectivity index is 1.58. The van der Waals surface area contributed by atoms with Gasteiger partial charge in [0.1, 0.15) is 11.5 Å². The topological polar surface area (TPSA) is 28.4 Å². The Morgan fingerprint density at radius 3 is 2.90 bits per heavy atom. The summed E-state index contributed by atoms with van der Waals surface area (Å²) in [6, 6.07) is 3.76. The van der Waals surface area contributed by atoms with Crippen molar-refractivity contribution >= 4 is 0 Å². The Morgan fingerprint density at radius 2 is 2.14 bits per heavy atom. The lowest BCUT2D eigenvalue weighted by molar-refractivity contribution is 0.121. The van der Waals surface area contributed by atoms with Gasteiger partial charge in [0.25, 0.3) is 0 Å². The van der Waals surface area contributed by atoms with Gasteiger partial charge in [-0.25, -0.2) is 0 Å². The SMILES string of the molecule is CCCC1CCCCN1Cc1cc(C)c(CNC2CC2)o1. The molecule has 0 amide bonds. The number of furan rings is 1. The molecule has 0 radical (unpaired) electrons. The molecule has 118 valence electrons. The van der Waals surface area contributed by atoms with E-state index in [-0.39, 0.29) is 0 Å². The van der Waals surface area contributed by atoms with Crippen molar-refractivity contribution in [3.63, 3.8) is 0 Å². The van der Waals surface area contributed by atoms with Gasteiger partial charge in [-0.1, -0.05) is 19.8 Å². The maximum atomic E-state index is 6.12. The van der Waals surface area contributed by atoms with Crippen LogP contribution in [0.1, 0.15) is 69.0 Å². The predicted molar refractivity (Wildman–Crippen MR) is 86.3 cm³/mol. The Labute approximate surface area is 129 Å². The van der Waals surface area contributed by atoms with Crippen LogP contribution >= 0.6 is 0 Å². The standard InChI is InChI=1S/C18H30N2O/c1-3-6-16-7-4-5-10-20(16)13-17-11-14(2)18(21-17)12-19-15-8-9-15/h11,15-16,19H,3-10,12-13H2,1-2H3. The number of aryl methyl sites for hydroxylation is 1. The summed E-state index contributed by atoms with van der Waals surface area (Å²) >= 11 is 0. The third-order valence-electron chi connectivity index (χ3n) is 4.93. The minimum Gasteiger partial charge on any atom is -0.463 e. The summed E-state index contributed by atoms with van der Waals surface area (Å²) in [5.41, 5.74) is 1.31. The highest BCUT2D eigenvalue weighted by Crippen LogP contribution is 2.25. The molecule has 21 heavy (non-hydrogen) atoms.